The molecule has 1 atom stereocenters. The molecule has 0 amide bonds. The SMILES string of the molecule is COC(C)c1nc(C)c(F)c(Cl)n1. The number of nitrogens with zero attached hydrogens (tertiary/aromatic N) is 2. The molecule has 1 unspecified atom stereocenters. The Morgan fingerprint density at radius 3 is 2.54 bits per heavy atom. The van der Waals surface area contributed by atoms with Crippen LogP contribution in [0.25, 0.3) is 0 Å². The molecule has 72 valence electrons. The third kappa shape index (κ3) is 2.14. The van der Waals surface area contributed by atoms with Crippen LogP contribution >= 0.6 is 11.6 Å². The molecule has 0 N–H and O–H groups in total. The molecule has 0 aromatic carbocycles. The monoisotopic (exact) mass is 204 g/mol. The zero-order valence-corrected chi connectivity index (χ0v) is 8.39. The van der Waals surface area contributed by atoms with E-state index in [0.717, 1.165) is 0 Å². The molecule has 13 heavy (non-hydrogen) atoms. The lowest BCUT2D eigenvalue weighted by Crippen LogP contribution is -2.06. The minimum atomic E-state index is -0.575. The van der Waals surface area contributed by atoms with E-state index >= 15 is 0 Å². The maximum absolute atomic E-state index is 13.0. The summed E-state index contributed by atoms with van der Waals surface area (Å²) in [6.45, 7) is 3.30. The molecule has 0 fully saturated rings. The van der Waals surface area contributed by atoms with Gasteiger partial charge in [-0.15, -0.1) is 0 Å². The van der Waals surface area contributed by atoms with Crippen LogP contribution in [0.15, 0.2) is 0 Å². The zero-order valence-electron chi connectivity index (χ0n) is 7.64. The molecule has 3 nitrogen and oxygen atoms in total. The predicted molar refractivity (Wildman–Crippen MR) is 47.2 cm³/mol. The van der Waals surface area contributed by atoms with Gasteiger partial charge in [-0.1, -0.05) is 11.6 Å². The maximum atomic E-state index is 13.0. The van der Waals surface area contributed by atoms with Crippen molar-refractivity contribution in [2.75, 3.05) is 7.11 Å². The van der Waals surface area contributed by atoms with E-state index in [-0.39, 0.29) is 17.0 Å². The van der Waals surface area contributed by atoms with E-state index in [9.17, 15) is 4.39 Å². The minimum absolute atomic E-state index is 0.161. The smallest absolute Gasteiger partial charge is 0.181 e. The van der Waals surface area contributed by atoms with E-state index in [4.69, 9.17) is 16.3 Å². The number of halogens is 2. The second-order valence-corrected chi connectivity index (χ2v) is 3.01. The number of aryl methyl sites for hydroxylation is 1. The third-order valence-electron chi connectivity index (χ3n) is 1.71. The quantitative estimate of drug-likeness (QED) is 0.694. The van der Waals surface area contributed by atoms with Crippen LogP contribution in [0, 0.1) is 12.7 Å². The lowest BCUT2D eigenvalue weighted by molar-refractivity contribution is 0.111. The molecule has 0 aliphatic rings. The van der Waals surface area contributed by atoms with E-state index in [1.54, 1.807) is 6.92 Å². The highest BCUT2D eigenvalue weighted by Gasteiger charge is 2.13. The number of hydrogen-bond donors (Lipinski definition) is 0. The van der Waals surface area contributed by atoms with Gasteiger partial charge in [-0.3, -0.25) is 0 Å². The van der Waals surface area contributed by atoms with Gasteiger partial charge in [0, 0.05) is 7.11 Å². The van der Waals surface area contributed by atoms with Crippen LogP contribution in [0.4, 0.5) is 4.39 Å². The van der Waals surface area contributed by atoms with Gasteiger partial charge in [0.2, 0.25) is 0 Å². The van der Waals surface area contributed by atoms with Crippen molar-refractivity contribution >= 4 is 11.6 Å². The van der Waals surface area contributed by atoms with Gasteiger partial charge >= 0.3 is 0 Å². The molecule has 0 saturated carbocycles. The van der Waals surface area contributed by atoms with Crippen LogP contribution in [-0.4, -0.2) is 17.1 Å². The van der Waals surface area contributed by atoms with Crippen molar-refractivity contribution in [3.63, 3.8) is 0 Å². The van der Waals surface area contributed by atoms with Crippen molar-refractivity contribution in [2.24, 2.45) is 0 Å². The van der Waals surface area contributed by atoms with E-state index in [0.29, 0.717) is 5.82 Å². The van der Waals surface area contributed by atoms with Crippen molar-refractivity contribution in [3.05, 3.63) is 22.5 Å². The number of ether oxygens (including phenoxy) is 1. The van der Waals surface area contributed by atoms with Gasteiger partial charge in [0.05, 0.1) is 5.69 Å². The fourth-order valence-corrected chi connectivity index (χ4v) is 1.06. The molecule has 0 radical (unpaired) electrons. The molecule has 0 aliphatic carbocycles. The Kier molecular flexibility index (Phi) is 3.17. The summed E-state index contributed by atoms with van der Waals surface area (Å²) in [5.74, 6) is -0.180. The zero-order chi connectivity index (χ0) is 10.0. The van der Waals surface area contributed by atoms with Gasteiger partial charge in [0.1, 0.15) is 6.10 Å². The fourth-order valence-electron chi connectivity index (χ4n) is 0.832. The lowest BCUT2D eigenvalue weighted by Gasteiger charge is -2.09. The Morgan fingerprint density at radius 1 is 1.46 bits per heavy atom. The largest absolute Gasteiger partial charge is 0.374 e. The van der Waals surface area contributed by atoms with Crippen LogP contribution in [0.1, 0.15) is 24.5 Å². The molecular weight excluding hydrogens is 195 g/mol. The van der Waals surface area contributed by atoms with E-state index in [2.05, 4.69) is 9.97 Å². The van der Waals surface area contributed by atoms with Crippen LogP contribution in [0.3, 0.4) is 0 Å². The minimum Gasteiger partial charge on any atom is -0.374 e. The van der Waals surface area contributed by atoms with Gasteiger partial charge < -0.3 is 4.74 Å². The maximum Gasteiger partial charge on any atom is 0.181 e. The van der Waals surface area contributed by atoms with Crippen LogP contribution in [0.5, 0.6) is 0 Å². The van der Waals surface area contributed by atoms with Crippen molar-refractivity contribution in [1.29, 1.82) is 0 Å². The first-order valence-electron chi connectivity index (χ1n) is 3.78. The first-order valence-corrected chi connectivity index (χ1v) is 4.16. The average Bonchev–Trinajstić information content (AvgIpc) is 2.12. The topological polar surface area (TPSA) is 35.0 Å². The summed E-state index contributed by atoms with van der Waals surface area (Å²) in [7, 11) is 1.53. The Balaban J connectivity index is 3.13. The summed E-state index contributed by atoms with van der Waals surface area (Å²) in [4.78, 5) is 7.67. The van der Waals surface area contributed by atoms with Crippen molar-refractivity contribution in [1.82, 2.24) is 9.97 Å². The molecule has 1 rings (SSSR count). The highest BCUT2D eigenvalue weighted by atomic mass is 35.5. The third-order valence-corrected chi connectivity index (χ3v) is 1.96. The summed E-state index contributed by atoms with van der Waals surface area (Å²) in [6, 6.07) is 0. The van der Waals surface area contributed by atoms with Crippen LogP contribution < -0.4 is 0 Å². The Labute approximate surface area is 80.9 Å². The van der Waals surface area contributed by atoms with Crippen LogP contribution in [0.2, 0.25) is 5.15 Å². The van der Waals surface area contributed by atoms with Gasteiger partial charge in [0.25, 0.3) is 0 Å². The molecule has 1 aromatic rings. The molecule has 0 saturated heterocycles. The second kappa shape index (κ2) is 3.98. The summed E-state index contributed by atoms with van der Waals surface area (Å²) in [5.41, 5.74) is 0.235. The van der Waals surface area contributed by atoms with E-state index in [1.807, 2.05) is 0 Å². The lowest BCUT2D eigenvalue weighted by atomic mass is 10.3. The first kappa shape index (κ1) is 10.3. The number of rotatable bonds is 2. The standard InChI is InChI=1S/C8H10ClFN2O/c1-4-6(10)7(9)12-8(11-4)5(2)13-3/h5H,1-3H3. The van der Waals surface area contributed by atoms with Gasteiger partial charge in [0.15, 0.2) is 16.8 Å². The van der Waals surface area contributed by atoms with E-state index < -0.39 is 5.82 Å². The Hall–Kier alpha value is -0.740. The molecule has 5 heteroatoms. The summed E-state index contributed by atoms with van der Waals surface area (Å²) < 4.78 is 18.0. The molecular formula is C8H10ClFN2O. The molecule has 1 heterocycles. The van der Waals surface area contributed by atoms with E-state index in [1.165, 1.54) is 14.0 Å². The number of methoxy groups -OCH3 is 1. The molecule has 0 aliphatic heterocycles. The summed E-state index contributed by atoms with van der Waals surface area (Å²) >= 11 is 5.54. The second-order valence-electron chi connectivity index (χ2n) is 2.65. The Bertz CT molecular complexity index is 296. The Morgan fingerprint density at radius 2 is 2.08 bits per heavy atom. The highest BCUT2D eigenvalue weighted by Crippen LogP contribution is 2.18. The van der Waals surface area contributed by atoms with Crippen molar-refractivity contribution < 1.29 is 9.13 Å². The van der Waals surface area contributed by atoms with Gasteiger partial charge in [-0.2, -0.15) is 0 Å². The fraction of sp³-hybridized carbons (Fsp3) is 0.500. The van der Waals surface area contributed by atoms with Crippen molar-refractivity contribution in [3.8, 4) is 0 Å². The average molecular weight is 205 g/mol. The predicted octanol–water partition coefficient (Wildman–Crippen LogP) is 2.28. The molecule has 0 spiro atoms. The van der Waals surface area contributed by atoms with Crippen LogP contribution in [-0.2, 0) is 4.74 Å². The number of aromatic nitrogens is 2. The molecule has 0 bridgehead atoms. The van der Waals surface area contributed by atoms with Crippen molar-refractivity contribution in [2.45, 2.75) is 20.0 Å². The van der Waals surface area contributed by atoms with Gasteiger partial charge in [-0.25, -0.2) is 14.4 Å². The normalized spacial score (nSPS) is 13.0. The molecule has 1 aromatic heterocycles. The summed E-state index contributed by atoms with van der Waals surface area (Å²) in [6.07, 6.45) is -0.281. The summed E-state index contributed by atoms with van der Waals surface area (Å²) in [5, 5.41) is -0.161. The number of hydrogen-bond acceptors (Lipinski definition) is 3. The van der Waals surface area contributed by atoms with Gasteiger partial charge in [-0.05, 0) is 13.8 Å². The first-order chi connectivity index (χ1) is 6.06. The highest BCUT2D eigenvalue weighted by molar-refractivity contribution is 6.29.